The van der Waals surface area contributed by atoms with Gasteiger partial charge in [0.25, 0.3) is 5.91 Å². The zero-order valence-corrected chi connectivity index (χ0v) is 26.4. The van der Waals surface area contributed by atoms with Crippen molar-refractivity contribution in [1.29, 1.82) is 0 Å². The molecule has 44 heavy (non-hydrogen) atoms. The molecule has 7 nitrogen and oxygen atoms in total. The van der Waals surface area contributed by atoms with E-state index in [1.165, 1.54) is 0 Å². The second-order valence-corrected chi connectivity index (χ2v) is 11.6. The fourth-order valence-electron chi connectivity index (χ4n) is 6.43. The number of nitrogens with one attached hydrogen (secondary N) is 1. The molecule has 1 atom stereocenters. The van der Waals surface area contributed by atoms with E-state index in [2.05, 4.69) is 5.32 Å². The van der Waals surface area contributed by atoms with Crippen molar-refractivity contribution in [2.45, 2.75) is 51.4 Å². The van der Waals surface area contributed by atoms with Gasteiger partial charge in [0, 0.05) is 32.7 Å². The molecule has 0 saturated heterocycles. The van der Waals surface area contributed by atoms with E-state index in [4.69, 9.17) is 27.1 Å². The highest BCUT2D eigenvalue weighted by atomic mass is 35.5. The first-order valence-corrected chi connectivity index (χ1v) is 15.2. The molecule has 1 amide bonds. The van der Waals surface area contributed by atoms with E-state index in [9.17, 15) is 9.59 Å². The minimum Gasteiger partial charge on any atom is -0.497 e. The van der Waals surface area contributed by atoms with Gasteiger partial charge >= 0.3 is 0 Å². The van der Waals surface area contributed by atoms with Crippen molar-refractivity contribution in [3.63, 3.8) is 0 Å². The molecular formula is C35H36Cl2N4O3. The fraction of sp³-hybridized carbons (Fsp3) is 0.286. The minimum absolute atomic E-state index is 0. The molecule has 1 unspecified atom stereocenters. The summed E-state index contributed by atoms with van der Waals surface area (Å²) in [5, 5.41) is 5.66. The first kappa shape index (κ1) is 31.5. The minimum atomic E-state index is -0.552. The van der Waals surface area contributed by atoms with Gasteiger partial charge < -0.3 is 15.8 Å². The third kappa shape index (κ3) is 5.80. The third-order valence-electron chi connectivity index (χ3n) is 8.53. The molecule has 3 N–H and O–H groups in total. The summed E-state index contributed by atoms with van der Waals surface area (Å²) in [6.07, 6.45) is 5.10. The Labute approximate surface area is 268 Å². The van der Waals surface area contributed by atoms with Crippen LogP contribution in [0.2, 0.25) is 5.02 Å². The number of hydrogen-bond acceptors (Lipinski definition) is 5. The van der Waals surface area contributed by atoms with Crippen LogP contribution in [0.15, 0.2) is 66.7 Å². The molecule has 0 saturated carbocycles. The van der Waals surface area contributed by atoms with E-state index in [0.717, 1.165) is 64.5 Å². The topological polar surface area (TPSA) is 99.2 Å². The summed E-state index contributed by atoms with van der Waals surface area (Å²) in [7, 11) is 1.61. The van der Waals surface area contributed by atoms with Crippen LogP contribution in [0.25, 0.3) is 21.8 Å². The second kappa shape index (κ2) is 13.4. The van der Waals surface area contributed by atoms with Gasteiger partial charge in [-0.15, -0.1) is 12.4 Å². The van der Waals surface area contributed by atoms with Gasteiger partial charge in [0.15, 0.2) is 0 Å². The van der Waals surface area contributed by atoms with E-state index in [1.54, 1.807) is 35.9 Å². The van der Waals surface area contributed by atoms with Crippen molar-refractivity contribution in [2.75, 3.05) is 19.0 Å². The summed E-state index contributed by atoms with van der Waals surface area (Å²) in [5.41, 5.74) is 12.6. The summed E-state index contributed by atoms with van der Waals surface area (Å²) >= 11 is 6.11. The van der Waals surface area contributed by atoms with Gasteiger partial charge in [-0.25, -0.2) is 0 Å². The fourth-order valence-corrected chi connectivity index (χ4v) is 6.55. The highest BCUT2D eigenvalue weighted by Crippen LogP contribution is 2.39. The van der Waals surface area contributed by atoms with Gasteiger partial charge in [-0.1, -0.05) is 29.8 Å². The Morgan fingerprint density at radius 2 is 1.80 bits per heavy atom. The molecule has 1 aliphatic rings. The summed E-state index contributed by atoms with van der Waals surface area (Å²) in [6.45, 7) is 2.35. The van der Waals surface area contributed by atoms with Crippen molar-refractivity contribution in [2.24, 2.45) is 5.73 Å². The molecule has 0 bridgehead atoms. The molecule has 5 aromatic rings. The first-order chi connectivity index (χ1) is 20.9. The van der Waals surface area contributed by atoms with Crippen LogP contribution in [0, 0.1) is 6.92 Å². The maximum Gasteiger partial charge on any atom is 0.262 e. The van der Waals surface area contributed by atoms with Crippen molar-refractivity contribution < 1.29 is 14.3 Å². The van der Waals surface area contributed by atoms with Gasteiger partial charge in [-0.3, -0.25) is 19.1 Å². The Balaban J connectivity index is 0.00000384. The van der Waals surface area contributed by atoms with Crippen LogP contribution in [0.1, 0.15) is 64.5 Å². The number of pyridine rings is 1. The molecule has 9 heteroatoms. The van der Waals surface area contributed by atoms with Crippen LogP contribution in [-0.4, -0.2) is 35.0 Å². The number of fused-ring (bicyclic) bond motifs is 3. The van der Waals surface area contributed by atoms with Crippen molar-refractivity contribution in [3.05, 3.63) is 99.8 Å². The Kier molecular flexibility index (Phi) is 9.59. The second-order valence-electron chi connectivity index (χ2n) is 11.1. The average Bonchev–Trinajstić information content (AvgIpc) is 3.31. The molecule has 0 spiro atoms. The number of carbonyl (C=O) groups excluding carboxylic acids is 2. The predicted octanol–water partition coefficient (Wildman–Crippen LogP) is 7.61. The van der Waals surface area contributed by atoms with Crippen LogP contribution in [0.4, 0.5) is 5.69 Å². The smallest absolute Gasteiger partial charge is 0.262 e. The number of methoxy groups -OCH3 is 1. The number of benzene rings is 3. The van der Waals surface area contributed by atoms with Crippen LogP contribution < -0.4 is 15.8 Å². The number of nitrogens with two attached hydrogens (primary N) is 1. The summed E-state index contributed by atoms with van der Waals surface area (Å²) in [6, 6.07) is 20.4. The van der Waals surface area contributed by atoms with Crippen molar-refractivity contribution in [1.82, 2.24) is 9.55 Å². The summed E-state index contributed by atoms with van der Waals surface area (Å²) in [5.74, 6) is -0.218. The molecular weight excluding hydrogens is 595 g/mol. The highest BCUT2D eigenvalue weighted by molar-refractivity contribution is 6.30. The number of anilines is 1. The van der Waals surface area contributed by atoms with Crippen LogP contribution in [0.3, 0.4) is 0 Å². The highest BCUT2D eigenvalue weighted by Gasteiger charge is 2.31. The van der Waals surface area contributed by atoms with E-state index in [1.807, 2.05) is 49.4 Å². The third-order valence-corrected chi connectivity index (χ3v) is 8.79. The predicted molar refractivity (Wildman–Crippen MR) is 180 cm³/mol. The molecule has 1 aliphatic carbocycles. The monoisotopic (exact) mass is 630 g/mol. The van der Waals surface area contributed by atoms with E-state index in [0.29, 0.717) is 46.9 Å². The van der Waals surface area contributed by atoms with Crippen molar-refractivity contribution in [3.8, 4) is 5.75 Å². The normalized spacial score (nSPS) is 13.3. The number of ether oxygens (including phenoxy) is 1. The molecule has 0 radical (unpaired) electrons. The maximum absolute atomic E-state index is 14.5. The Bertz CT molecular complexity index is 1850. The lowest BCUT2D eigenvalue weighted by Crippen LogP contribution is -2.25. The Morgan fingerprint density at radius 1 is 1.05 bits per heavy atom. The number of hydrogen-bond donors (Lipinski definition) is 2. The largest absolute Gasteiger partial charge is 0.497 e. The maximum atomic E-state index is 14.5. The first-order valence-electron chi connectivity index (χ1n) is 14.8. The van der Waals surface area contributed by atoms with Gasteiger partial charge in [0.2, 0.25) is 5.91 Å². The van der Waals surface area contributed by atoms with E-state index >= 15 is 0 Å². The molecule has 2 heterocycles. The number of rotatable bonds is 8. The Morgan fingerprint density at radius 3 is 2.55 bits per heavy atom. The van der Waals surface area contributed by atoms with Gasteiger partial charge in [-0.2, -0.15) is 0 Å². The zero-order chi connectivity index (χ0) is 30.1. The SMILES string of the molecule is COc1ccc2c(c1)c(C(CCCN)C(=O)Nc1c3c(nc4ccccc14)CCCC3)c(C)n2C(=O)c1ccc(Cl)cc1.Cl. The molecule has 0 fully saturated rings. The number of aromatic nitrogens is 2. The lowest BCUT2D eigenvalue weighted by molar-refractivity contribution is -0.117. The number of amides is 1. The lowest BCUT2D eigenvalue weighted by atomic mass is 9.89. The Hall–Kier alpha value is -3.91. The average molecular weight is 632 g/mol. The van der Waals surface area contributed by atoms with E-state index in [-0.39, 0.29) is 24.2 Å². The summed E-state index contributed by atoms with van der Waals surface area (Å²) in [4.78, 5) is 33.3. The van der Waals surface area contributed by atoms with Crippen LogP contribution >= 0.6 is 24.0 Å². The number of para-hydroxylation sites is 1. The number of nitrogens with zero attached hydrogens (tertiary/aromatic N) is 2. The van der Waals surface area contributed by atoms with Gasteiger partial charge in [-0.05, 0) is 112 Å². The van der Waals surface area contributed by atoms with E-state index < -0.39 is 5.92 Å². The lowest BCUT2D eigenvalue weighted by Gasteiger charge is -2.23. The number of carbonyl (C=O) groups is 2. The van der Waals surface area contributed by atoms with Gasteiger partial charge in [0.05, 0.1) is 29.7 Å². The van der Waals surface area contributed by atoms with Crippen LogP contribution in [-0.2, 0) is 17.6 Å². The number of aryl methyl sites for hydroxylation is 1. The molecule has 2 aromatic heterocycles. The standard InChI is InChI=1S/C35H35ClN4O3.ClH/c1-21-32(28-20-24(43-2)17-18-31(28)40(21)35(42)22-13-15-23(36)16-14-22)27(10-7-19-37)34(41)39-33-25-8-3-5-11-29(25)38-30-12-6-4-9-26(30)33;/h3,5,8,11,13-18,20,27H,4,6-7,9-10,12,19,37H2,1-2H3,(H,38,39,41);1H. The summed E-state index contributed by atoms with van der Waals surface area (Å²) < 4.78 is 7.27. The van der Waals surface area contributed by atoms with Crippen LogP contribution in [0.5, 0.6) is 5.75 Å². The number of halogens is 2. The zero-order valence-electron chi connectivity index (χ0n) is 24.9. The molecule has 3 aromatic carbocycles. The molecule has 228 valence electrons. The van der Waals surface area contributed by atoms with Gasteiger partial charge in [0.1, 0.15) is 5.75 Å². The molecule has 0 aliphatic heterocycles. The van der Waals surface area contributed by atoms with Crippen molar-refractivity contribution >= 4 is 63.3 Å². The quantitative estimate of drug-likeness (QED) is 0.184. The molecule has 6 rings (SSSR count).